The number of rotatable bonds is 4. The maximum absolute atomic E-state index is 8.28. The van der Waals surface area contributed by atoms with Gasteiger partial charge in [-0.05, 0) is 12.1 Å². The van der Waals surface area contributed by atoms with Crippen molar-refractivity contribution < 1.29 is 72.3 Å². The maximum atomic E-state index is 8.28. The van der Waals surface area contributed by atoms with E-state index < -0.39 is 7.32 Å². The first-order chi connectivity index (χ1) is 5.79. The Bertz CT molecular complexity index is 224. The zero-order valence-corrected chi connectivity index (χ0v) is 10.5. The molecule has 0 aliphatic carbocycles. The summed E-state index contributed by atoms with van der Waals surface area (Å²) < 4.78 is 9.31. The summed E-state index contributed by atoms with van der Waals surface area (Å²) in [5.41, 5.74) is 0. The topological polar surface area (TPSA) is 58.9 Å². The van der Waals surface area contributed by atoms with E-state index in [9.17, 15) is 0 Å². The summed E-state index contributed by atoms with van der Waals surface area (Å²) >= 11 is 0. The van der Waals surface area contributed by atoms with Crippen molar-refractivity contribution in [1.82, 2.24) is 0 Å². The number of hydrogen-bond acceptors (Lipinski definition) is 4. The molecule has 1 rings (SSSR count). The van der Waals surface area contributed by atoms with E-state index >= 15 is 0 Å². The van der Waals surface area contributed by atoms with E-state index in [1.807, 2.05) is 18.2 Å². The Morgan fingerprint density at radius 1 is 1.23 bits per heavy atom. The maximum Gasteiger partial charge on any atom is 1.00 e. The summed E-state index contributed by atoms with van der Waals surface area (Å²) in [7, 11) is -1.78. The Morgan fingerprint density at radius 2 is 1.85 bits per heavy atom. The Labute approximate surface area is 121 Å². The molecule has 0 aliphatic rings. The molecular formula is C7H10BKO4. The minimum Gasteiger partial charge on any atom is -1.00 e. The largest absolute Gasteiger partial charge is 1.00 e. The number of hydrogen-bond donors (Lipinski definition) is 2. The monoisotopic (exact) mass is 208 g/mol. The molecule has 0 radical (unpaired) electrons. The second-order valence-corrected chi connectivity index (χ2v) is 2.07. The van der Waals surface area contributed by atoms with Crippen molar-refractivity contribution in [2.75, 3.05) is 6.79 Å². The zero-order chi connectivity index (χ0) is 8.81. The van der Waals surface area contributed by atoms with Crippen molar-refractivity contribution in [3.05, 3.63) is 30.3 Å². The van der Waals surface area contributed by atoms with Gasteiger partial charge >= 0.3 is 58.7 Å². The summed E-state index contributed by atoms with van der Waals surface area (Å²) in [4.78, 5) is 0. The molecule has 1 aromatic rings. The molecule has 66 valence electrons. The van der Waals surface area contributed by atoms with E-state index in [0.717, 1.165) is 0 Å². The summed E-state index contributed by atoms with van der Waals surface area (Å²) in [5, 5.41) is 16.6. The summed E-state index contributed by atoms with van der Waals surface area (Å²) in [6.45, 7) is -0.179. The molecule has 0 unspecified atom stereocenters. The van der Waals surface area contributed by atoms with Gasteiger partial charge in [0.2, 0.25) is 0 Å². The molecule has 0 spiro atoms. The summed E-state index contributed by atoms with van der Waals surface area (Å²) in [6, 6.07) is 8.96. The molecule has 0 heterocycles. The van der Waals surface area contributed by atoms with Crippen molar-refractivity contribution in [2.24, 2.45) is 0 Å². The van der Waals surface area contributed by atoms with Crippen LogP contribution in [0.4, 0.5) is 0 Å². The Morgan fingerprint density at radius 3 is 2.38 bits per heavy atom. The van der Waals surface area contributed by atoms with Gasteiger partial charge < -0.3 is 20.9 Å². The van der Waals surface area contributed by atoms with Crippen LogP contribution < -0.4 is 56.1 Å². The van der Waals surface area contributed by atoms with Crippen LogP contribution in [0.2, 0.25) is 0 Å². The number of ether oxygens (including phenoxy) is 1. The molecule has 0 fully saturated rings. The van der Waals surface area contributed by atoms with Gasteiger partial charge in [0.25, 0.3) is 0 Å². The predicted molar refractivity (Wildman–Crippen MR) is 44.3 cm³/mol. The van der Waals surface area contributed by atoms with Crippen LogP contribution in [-0.2, 0) is 4.65 Å². The molecule has 0 bridgehead atoms. The Kier molecular flexibility index (Phi) is 8.32. The SMILES string of the molecule is OB(O)OCOc1ccccc1.[H-].[K+]. The van der Waals surface area contributed by atoms with Crippen LogP contribution in [0.3, 0.4) is 0 Å². The summed E-state index contributed by atoms with van der Waals surface area (Å²) in [6.07, 6.45) is 0. The van der Waals surface area contributed by atoms with Crippen molar-refractivity contribution in [3.63, 3.8) is 0 Å². The number of benzene rings is 1. The molecule has 0 aliphatic heterocycles. The van der Waals surface area contributed by atoms with Gasteiger partial charge in [-0.1, -0.05) is 18.2 Å². The van der Waals surface area contributed by atoms with Gasteiger partial charge in [0.15, 0.2) is 6.79 Å². The minimum atomic E-state index is -1.78. The van der Waals surface area contributed by atoms with Gasteiger partial charge in [-0.2, -0.15) is 0 Å². The third-order valence-corrected chi connectivity index (χ3v) is 1.19. The second-order valence-electron chi connectivity index (χ2n) is 2.07. The first-order valence-corrected chi connectivity index (χ1v) is 3.44. The van der Waals surface area contributed by atoms with Crippen LogP contribution in [0.25, 0.3) is 0 Å². The Hall–Kier alpha value is 0.601. The van der Waals surface area contributed by atoms with Gasteiger partial charge in [0.05, 0.1) is 0 Å². The van der Waals surface area contributed by atoms with Gasteiger partial charge in [0.1, 0.15) is 5.75 Å². The molecule has 6 heteroatoms. The molecule has 13 heavy (non-hydrogen) atoms. The molecule has 0 saturated heterocycles. The predicted octanol–water partition coefficient (Wildman–Crippen LogP) is -2.87. The average molecular weight is 208 g/mol. The van der Waals surface area contributed by atoms with Crippen molar-refractivity contribution in [1.29, 1.82) is 0 Å². The molecule has 0 aromatic heterocycles. The molecule has 0 saturated carbocycles. The molecule has 1 aromatic carbocycles. The zero-order valence-electron chi connectivity index (χ0n) is 8.38. The van der Waals surface area contributed by atoms with E-state index in [-0.39, 0.29) is 59.6 Å². The third-order valence-electron chi connectivity index (χ3n) is 1.19. The van der Waals surface area contributed by atoms with Crippen LogP contribution >= 0.6 is 0 Å². The van der Waals surface area contributed by atoms with Crippen LogP contribution in [-0.4, -0.2) is 24.2 Å². The first-order valence-electron chi connectivity index (χ1n) is 3.44. The average Bonchev–Trinajstić information content (AvgIpc) is 2.05. The third kappa shape index (κ3) is 6.64. The van der Waals surface area contributed by atoms with Crippen LogP contribution in [0, 0.1) is 0 Å². The quantitative estimate of drug-likeness (QED) is 0.412. The van der Waals surface area contributed by atoms with Crippen LogP contribution in [0.1, 0.15) is 1.43 Å². The first kappa shape index (κ1) is 13.6. The van der Waals surface area contributed by atoms with E-state index in [0.29, 0.717) is 5.75 Å². The van der Waals surface area contributed by atoms with Crippen molar-refractivity contribution in [3.8, 4) is 5.75 Å². The smallest absolute Gasteiger partial charge is 1.00 e. The molecular weight excluding hydrogens is 198 g/mol. The van der Waals surface area contributed by atoms with E-state index in [2.05, 4.69) is 4.65 Å². The number of para-hydroxylation sites is 1. The Balaban J connectivity index is 0. The van der Waals surface area contributed by atoms with Crippen LogP contribution in [0.5, 0.6) is 5.75 Å². The van der Waals surface area contributed by atoms with E-state index in [1.165, 1.54) is 0 Å². The summed E-state index contributed by atoms with van der Waals surface area (Å²) in [5.74, 6) is 0.623. The fraction of sp³-hybridized carbons (Fsp3) is 0.143. The fourth-order valence-electron chi connectivity index (χ4n) is 0.680. The van der Waals surface area contributed by atoms with Crippen molar-refractivity contribution >= 4 is 7.32 Å². The molecule has 2 N–H and O–H groups in total. The van der Waals surface area contributed by atoms with Crippen molar-refractivity contribution in [2.45, 2.75) is 0 Å². The minimum absolute atomic E-state index is 0. The second kappa shape index (κ2) is 7.96. The molecule has 0 atom stereocenters. The van der Waals surface area contributed by atoms with Gasteiger partial charge in [-0.15, -0.1) is 0 Å². The van der Waals surface area contributed by atoms with Crippen LogP contribution in [0.15, 0.2) is 30.3 Å². The normalized spacial score (nSPS) is 8.77. The fourth-order valence-corrected chi connectivity index (χ4v) is 0.680. The molecule has 4 nitrogen and oxygen atoms in total. The van der Waals surface area contributed by atoms with Gasteiger partial charge in [-0.25, -0.2) is 0 Å². The van der Waals surface area contributed by atoms with Gasteiger partial charge in [0, 0.05) is 0 Å². The molecule has 0 amide bonds. The van der Waals surface area contributed by atoms with E-state index in [4.69, 9.17) is 14.8 Å². The van der Waals surface area contributed by atoms with E-state index in [1.54, 1.807) is 12.1 Å². The standard InChI is InChI=1S/C7H9BO4.K.H/c9-8(10)12-6-11-7-4-2-1-3-5-7;;/h1-5,9-10H,6H2;;/q;+1;-1. The van der Waals surface area contributed by atoms with Gasteiger partial charge in [-0.3, -0.25) is 0 Å².